The summed E-state index contributed by atoms with van der Waals surface area (Å²) in [5, 5.41) is 3.07. The zero-order chi connectivity index (χ0) is 26.5. The predicted octanol–water partition coefficient (Wildman–Crippen LogP) is 6.12. The Morgan fingerprint density at radius 1 is 0.921 bits per heavy atom. The van der Waals surface area contributed by atoms with Gasteiger partial charge in [0.1, 0.15) is 12.4 Å². The number of nitrogens with one attached hydrogen (secondary N) is 1. The van der Waals surface area contributed by atoms with Crippen LogP contribution in [0.2, 0.25) is 0 Å². The smallest absolute Gasteiger partial charge is 0.251 e. The van der Waals surface area contributed by atoms with Gasteiger partial charge in [-0.2, -0.15) is 0 Å². The van der Waals surface area contributed by atoms with Gasteiger partial charge in [-0.3, -0.25) is 9.59 Å². The molecular weight excluding hydrogens is 472 g/mol. The molecule has 0 bridgehead atoms. The van der Waals surface area contributed by atoms with Crippen LogP contribution in [0.1, 0.15) is 91.5 Å². The van der Waals surface area contributed by atoms with Crippen LogP contribution < -0.4 is 5.32 Å². The van der Waals surface area contributed by atoms with E-state index in [0.29, 0.717) is 37.2 Å². The first-order valence-electron chi connectivity index (χ1n) is 14.6. The number of aryl methyl sites for hydroxylation is 2. The molecule has 2 aliphatic rings. The Labute approximate surface area is 226 Å². The summed E-state index contributed by atoms with van der Waals surface area (Å²) in [5.41, 5.74) is 4.72. The lowest BCUT2D eigenvalue weighted by molar-refractivity contribution is -0.138. The van der Waals surface area contributed by atoms with Crippen molar-refractivity contribution < 1.29 is 9.59 Å². The normalized spacial score (nSPS) is 17.0. The van der Waals surface area contributed by atoms with Crippen LogP contribution in [0.4, 0.5) is 0 Å². The number of imidazole rings is 1. The zero-order valence-corrected chi connectivity index (χ0v) is 23.0. The molecule has 5 rings (SSSR count). The minimum atomic E-state index is -0.0676. The Morgan fingerprint density at radius 2 is 1.58 bits per heavy atom. The van der Waals surface area contributed by atoms with E-state index in [1.807, 2.05) is 50.2 Å². The Hall–Kier alpha value is -3.15. The van der Waals surface area contributed by atoms with E-state index in [2.05, 4.69) is 20.9 Å². The first-order valence-corrected chi connectivity index (χ1v) is 14.6. The number of rotatable bonds is 8. The van der Waals surface area contributed by atoms with Crippen molar-refractivity contribution in [1.29, 1.82) is 0 Å². The number of benzene rings is 2. The number of fused-ring (bicyclic) bond motifs is 1. The van der Waals surface area contributed by atoms with E-state index in [-0.39, 0.29) is 11.8 Å². The molecule has 2 aromatic carbocycles. The second-order valence-corrected chi connectivity index (χ2v) is 11.3. The molecule has 0 unspecified atom stereocenters. The van der Waals surface area contributed by atoms with Gasteiger partial charge in [-0.15, -0.1) is 0 Å². The molecule has 2 amide bonds. The number of amides is 2. The topological polar surface area (TPSA) is 67.2 Å². The van der Waals surface area contributed by atoms with E-state index in [4.69, 9.17) is 4.98 Å². The number of hydrogen-bond donors (Lipinski definition) is 1. The summed E-state index contributed by atoms with van der Waals surface area (Å²) in [6, 6.07) is 14.7. The van der Waals surface area contributed by atoms with Gasteiger partial charge in [0.25, 0.3) is 5.91 Å². The van der Waals surface area contributed by atoms with Crippen molar-refractivity contribution in [3.63, 3.8) is 0 Å². The first kappa shape index (κ1) is 26.5. The molecule has 0 spiro atoms. The van der Waals surface area contributed by atoms with Crippen LogP contribution in [-0.2, 0) is 17.8 Å². The lowest BCUT2D eigenvalue weighted by atomic mass is 9.88. The summed E-state index contributed by atoms with van der Waals surface area (Å²) in [6.07, 6.45) is 12.6. The monoisotopic (exact) mass is 514 g/mol. The standard InChI is InChI=1S/C32H42N4O2/c1-23-17-18-27(24(2)21-23)32(38)33-20-19-30-34-28-15-9-10-16-29(28)35(30)22-31(37)36(25-11-5-3-6-12-25)26-13-7-4-8-14-26/h9-10,15-18,21,25-26H,3-8,11-14,19-20,22H2,1-2H3,(H,33,38). The van der Waals surface area contributed by atoms with E-state index < -0.39 is 0 Å². The minimum absolute atomic E-state index is 0.0676. The van der Waals surface area contributed by atoms with Gasteiger partial charge in [0, 0.05) is 30.6 Å². The van der Waals surface area contributed by atoms with Gasteiger partial charge in [-0.25, -0.2) is 4.98 Å². The molecule has 3 aromatic rings. The van der Waals surface area contributed by atoms with Crippen molar-refractivity contribution >= 4 is 22.8 Å². The molecule has 202 valence electrons. The molecule has 6 nitrogen and oxygen atoms in total. The highest BCUT2D eigenvalue weighted by molar-refractivity contribution is 5.95. The highest BCUT2D eigenvalue weighted by atomic mass is 16.2. The van der Waals surface area contributed by atoms with Crippen LogP contribution in [0.3, 0.4) is 0 Å². The third-order valence-corrected chi connectivity index (χ3v) is 8.51. The average molecular weight is 515 g/mol. The lowest BCUT2D eigenvalue weighted by Gasteiger charge is -2.42. The van der Waals surface area contributed by atoms with Crippen LogP contribution >= 0.6 is 0 Å². The van der Waals surface area contributed by atoms with E-state index in [1.54, 1.807) is 0 Å². The number of para-hydroxylation sites is 2. The highest BCUT2D eigenvalue weighted by Gasteiger charge is 2.33. The molecule has 0 saturated heterocycles. The fourth-order valence-electron chi connectivity index (χ4n) is 6.58. The van der Waals surface area contributed by atoms with Crippen molar-refractivity contribution in [1.82, 2.24) is 19.8 Å². The molecule has 6 heteroatoms. The molecule has 38 heavy (non-hydrogen) atoms. The molecule has 2 aliphatic carbocycles. The van der Waals surface area contributed by atoms with E-state index in [9.17, 15) is 9.59 Å². The Kier molecular flexibility index (Phi) is 8.45. The van der Waals surface area contributed by atoms with Gasteiger partial charge in [0.2, 0.25) is 5.91 Å². The Bertz CT molecular complexity index is 1250. The van der Waals surface area contributed by atoms with Crippen molar-refractivity contribution in [3.05, 3.63) is 65.0 Å². The van der Waals surface area contributed by atoms with E-state index in [0.717, 1.165) is 53.7 Å². The molecule has 0 atom stereocenters. The molecule has 1 heterocycles. The first-order chi connectivity index (χ1) is 18.5. The van der Waals surface area contributed by atoms with Crippen LogP contribution in [0.15, 0.2) is 42.5 Å². The SMILES string of the molecule is Cc1ccc(C(=O)NCCc2nc3ccccc3n2CC(=O)N(C2CCCCC2)C2CCCCC2)c(C)c1. The third-order valence-electron chi connectivity index (χ3n) is 8.51. The molecule has 1 aromatic heterocycles. The van der Waals surface area contributed by atoms with Crippen molar-refractivity contribution in [2.75, 3.05) is 6.54 Å². The van der Waals surface area contributed by atoms with Gasteiger partial charge in [-0.1, -0.05) is 68.4 Å². The number of hydrogen-bond acceptors (Lipinski definition) is 3. The largest absolute Gasteiger partial charge is 0.352 e. The van der Waals surface area contributed by atoms with Crippen LogP contribution in [-0.4, -0.2) is 44.9 Å². The Balaban J connectivity index is 1.34. The number of carbonyl (C=O) groups excluding carboxylic acids is 2. The second-order valence-electron chi connectivity index (χ2n) is 11.3. The van der Waals surface area contributed by atoms with Gasteiger partial charge in [0.15, 0.2) is 0 Å². The summed E-state index contributed by atoms with van der Waals surface area (Å²) in [4.78, 5) is 34.1. The fraction of sp³-hybridized carbons (Fsp3) is 0.531. The number of carbonyl (C=O) groups is 2. The summed E-state index contributed by atoms with van der Waals surface area (Å²) in [7, 11) is 0. The van der Waals surface area contributed by atoms with E-state index in [1.165, 1.54) is 38.5 Å². The maximum atomic E-state index is 14.0. The van der Waals surface area contributed by atoms with Gasteiger partial charge in [0.05, 0.1) is 11.0 Å². The zero-order valence-electron chi connectivity index (χ0n) is 23.0. The van der Waals surface area contributed by atoms with E-state index >= 15 is 0 Å². The molecule has 2 saturated carbocycles. The minimum Gasteiger partial charge on any atom is -0.352 e. The maximum Gasteiger partial charge on any atom is 0.251 e. The van der Waals surface area contributed by atoms with Gasteiger partial charge < -0.3 is 14.8 Å². The van der Waals surface area contributed by atoms with Crippen molar-refractivity contribution in [2.24, 2.45) is 0 Å². The van der Waals surface area contributed by atoms with Gasteiger partial charge in [-0.05, 0) is 63.3 Å². The molecule has 2 fully saturated rings. The maximum absolute atomic E-state index is 14.0. The Morgan fingerprint density at radius 3 is 2.24 bits per heavy atom. The molecular formula is C32H42N4O2. The average Bonchev–Trinajstić information content (AvgIpc) is 3.27. The summed E-state index contributed by atoms with van der Waals surface area (Å²) in [6.45, 7) is 4.79. The van der Waals surface area contributed by atoms with Crippen LogP contribution in [0.5, 0.6) is 0 Å². The highest BCUT2D eigenvalue weighted by Crippen LogP contribution is 2.31. The number of nitrogens with zero attached hydrogens (tertiary/aromatic N) is 3. The summed E-state index contributed by atoms with van der Waals surface area (Å²) < 4.78 is 2.10. The van der Waals surface area contributed by atoms with Crippen molar-refractivity contribution in [2.45, 2.75) is 103 Å². The van der Waals surface area contributed by atoms with Crippen LogP contribution in [0, 0.1) is 13.8 Å². The predicted molar refractivity (Wildman–Crippen MR) is 152 cm³/mol. The third kappa shape index (κ3) is 5.95. The number of aromatic nitrogens is 2. The van der Waals surface area contributed by atoms with Gasteiger partial charge >= 0.3 is 0 Å². The van der Waals surface area contributed by atoms with Crippen LogP contribution in [0.25, 0.3) is 11.0 Å². The lowest BCUT2D eigenvalue weighted by Crippen LogP contribution is -2.50. The molecule has 0 aliphatic heterocycles. The van der Waals surface area contributed by atoms with Crippen molar-refractivity contribution in [3.8, 4) is 0 Å². The fourth-order valence-corrected chi connectivity index (χ4v) is 6.58. The summed E-state index contributed by atoms with van der Waals surface area (Å²) in [5.74, 6) is 1.02. The molecule has 0 radical (unpaired) electrons. The summed E-state index contributed by atoms with van der Waals surface area (Å²) >= 11 is 0. The second kappa shape index (κ2) is 12.1. The molecule has 1 N–H and O–H groups in total. The quantitative estimate of drug-likeness (QED) is 0.394.